The average molecular weight is 389 g/mol. The molecule has 144 valence electrons. The maximum atomic E-state index is 12.6. The molecule has 1 amide bonds. The van der Waals surface area contributed by atoms with Crippen LogP contribution in [0.15, 0.2) is 82.0 Å². The van der Waals surface area contributed by atoms with E-state index in [1.807, 2.05) is 42.5 Å². The van der Waals surface area contributed by atoms with Crippen LogP contribution in [0.2, 0.25) is 0 Å². The molecular weight excluding hydrogens is 374 g/mol. The summed E-state index contributed by atoms with van der Waals surface area (Å²) in [6.07, 6.45) is 0. The molecule has 0 bridgehead atoms. The number of amides is 1. The predicted octanol–water partition coefficient (Wildman–Crippen LogP) is 3.81. The van der Waals surface area contributed by atoms with Gasteiger partial charge in [-0.1, -0.05) is 48.5 Å². The summed E-state index contributed by atoms with van der Waals surface area (Å²) in [5, 5.41) is 13.7. The lowest BCUT2D eigenvalue weighted by molar-refractivity contribution is -0.384. The minimum Gasteiger partial charge on any atom is -0.407 e. The zero-order valence-corrected chi connectivity index (χ0v) is 15.1. The highest BCUT2D eigenvalue weighted by molar-refractivity contribution is 5.96. The smallest absolute Gasteiger partial charge is 0.407 e. The molecule has 0 radical (unpaired) electrons. The Morgan fingerprint density at radius 3 is 2.52 bits per heavy atom. The van der Waals surface area contributed by atoms with Crippen molar-refractivity contribution in [3.63, 3.8) is 0 Å². The van der Waals surface area contributed by atoms with Crippen molar-refractivity contribution < 1.29 is 14.1 Å². The Morgan fingerprint density at radius 1 is 1.03 bits per heavy atom. The van der Waals surface area contributed by atoms with E-state index in [0.29, 0.717) is 11.2 Å². The molecule has 8 nitrogen and oxygen atoms in total. The number of para-hydroxylation sites is 1. The molecule has 4 rings (SSSR count). The van der Waals surface area contributed by atoms with Gasteiger partial charge in [-0.25, -0.2) is 4.79 Å². The molecule has 8 heteroatoms. The van der Waals surface area contributed by atoms with Crippen LogP contribution in [0.4, 0.5) is 11.4 Å². The summed E-state index contributed by atoms with van der Waals surface area (Å²) in [7, 11) is 0. The number of nitrogens with zero attached hydrogens (tertiary/aromatic N) is 2. The molecule has 0 atom stereocenters. The van der Waals surface area contributed by atoms with Gasteiger partial charge in [0.2, 0.25) is 5.91 Å². The molecule has 0 aliphatic carbocycles. The number of aromatic nitrogens is 1. The molecule has 0 saturated carbocycles. The second-order valence-corrected chi connectivity index (χ2v) is 6.32. The molecule has 0 aliphatic rings. The largest absolute Gasteiger partial charge is 0.420 e. The number of fused-ring (bicyclic) bond motifs is 1. The van der Waals surface area contributed by atoms with Gasteiger partial charge in [-0.15, -0.1) is 0 Å². The minimum absolute atomic E-state index is 0.0571. The number of carbonyl (C=O) groups is 1. The second-order valence-electron chi connectivity index (χ2n) is 6.32. The van der Waals surface area contributed by atoms with Crippen LogP contribution >= 0.6 is 0 Å². The Hall–Kier alpha value is -4.20. The van der Waals surface area contributed by atoms with Gasteiger partial charge in [0.15, 0.2) is 5.58 Å². The lowest BCUT2D eigenvalue weighted by atomic mass is 10.0. The first-order valence-electron chi connectivity index (χ1n) is 8.75. The zero-order valence-electron chi connectivity index (χ0n) is 15.1. The standard InChI is InChI=1S/C21H15N3O5/c25-20(22-17-9-5-4-8-16(17)14-6-2-1-3-7-14)13-23-18-11-10-15(24(27)28)12-19(18)29-21(23)26/h1-12H,13H2,(H,22,25). The minimum atomic E-state index is -0.757. The number of hydrogen-bond donors (Lipinski definition) is 1. The van der Waals surface area contributed by atoms with Crippen molar-refractivity contribution in [1.82, 2.24) is 4.57 Å². The molecule has 0 fully saturated rings. The lowest BCUT2D eigenvalue weighted by Gasteiger charge is -2.11. The van der Waals surface area contributed by atoms with Gasteiger partial charge in [-0.05, 0) is 17.7 Å². The number of nitro benzene ring substituents is 1. The van der Waals surface area contributed by atoms with E-state index in [4.69, 9.17) is 4.42 Å². The van der Waals surface area contributed by atoms with Crippen molar-refractivity contribution in [2.45, 2.75) is 6.54 Å². The van der Waals surface area contributed by atoms with Crippen molar-refractivity contribution in [3.05, 3.63) is 93.5 Å². The van der Waals surface area contributed by atoms with Crippen LogP contribution in [0.5, 0.6) is 0 Å². The van der Waals surface area contributed by atoms with Crippen molar-refractivity contribution >= 4 is 28.4 Å². The van der Waals surface area contributed by atoms with E-state index in [1.165, 1.54) is 12.1 Å². The molecular formula is C21H15N3O5. The fraction of sp³-hybridized carbons (Fsp3) is 0.0476. The van der Waals surface area contributed by atoms with E-state index < -0.39 is 16.6 Å². The highest BCUT2D eigenvalue weighted by Crippen LogP contribution is 2.27. The summed E-state index contributed by atoms with van der Waals surface area (Å²) in [6.45, 7) is -0.285. The molecule has 0 aliphatic heterocycles. The Kier molecular flexibility index (Phi) is 4.66. The number of oxazole rings is 1. The summed E-state index contributed by atoms with van der Waals surface area (Å²) in [5.74, 6) is -1.18. The van der Waals surface area contributed by atoms with Crippen molar-refractivity contribution in [1.29, 1.82) is 0 Å². The molecule has 4 aromatic rings. The van der Waals surface area contributed by atoms with Gasteiger partial charge in [-0.2, -0.15) is 0 Å². The first-order valence-corrected chi connectivity index (χ1v) is 8.75. The average Bonchev–Trinajstić information content (AvgIpc) is 3.03. The number of anilines is 1. The molecule has 3 aromatic carbocycles. The monoisotopic (exact) mass is 389 g/mol. The van der Waals surface area contributed by atoms with Crippen LogP contribution < -0.4 is 11.1 Å². The van der Waals surface area contributed by atoms with Crippen LogP contribution in [-0.2, 0) is 11.3 Å². The molecule has 0 saturated heterocycles. The van der Waals surface area contributed by atoms with Crippen LogP contribution in [-0.4, -0.2) is 15.4 Å². The zero-order chi connectivity index (χ0) is 20.4. The fourth-order valence-electron chi connectivity index (χ4n) is 3.11. The normalized spacial score (nSPS) is 10.8. The maximum Gasteiger partial charge on any atom is 0.420 e. The van der Waals surface area contributed by atoms with Crippen LogP contribution in [0.25, 0.3) is 22.2 Å². The van der Waals surface area contributed by atoms with E-state index in [2.05, 4.69) is 5.32 Å². The third-order valence-corrected chi connectivity index (χ3v) is 4.45. The first-order chi connectivity index (χ1) is 14.0. The first kappa shape index (κ1) is 18.2. The Labute approximate surface area is 164 Å². The van der Waals surface area contributed by atoms with Gasteiger partial charge in [0.1, 0.15) is 6.54 Å². The summed E-state index contributed by atoms with van der Waals surface area (Å²) in [4.78, 5) is 35.1. The van der Waals surface area contributed by atoms with E-state index in [1.54, 1.807) is 12.1 Å². The van der Waals surface area contributed by atoms with Gasteiger partial charge < -0.3 is 9.73 Å². The highest BCUT2D eigenvalue weighted by Gasteiger charge is 2.17. The molecule has 29 heavy (non-hydrogen) atoms. The van der Waals surface area contributed by atoms with Gasteiger partial charge in [0, 0.05) is 17.3 Å². The third-order valence-electron chi connectivity index (χ3n) is 4.45. The molecule has 0 unspecified atom stereocenters. The number of carbonyl (C=O) groups excluding carboxylic acids is 1. The number of nitrogens with one attached hydrogen (secondary N) is 1. The van der Waals surface area contributed by atoms with E-state index in [9.17, 15) is 19.7 Å². The number of hydrogen-bond acceptors (Lipinski definition) is 5. The van der Waals surface area contributed by atoms with E-state index >= 15 is 0 Å². The molecule has 0 spiro atoms. The van der Waals surface area contributed by atoms with Crippen LogP contribution in [0.3, 0.4) is 0 Å². The SMILES string of the molecule is O=C(Cn1c(=O)oc2cc([N+](=O)[O-])ccc21)Nc1ccccc1-c1ccccc1. The summed E-state index contributed by atoms with van der Waals surface area (Å²) >= 11 is 0. The van der Waals surface area contributed by atoms with Gasteiger partial charge in [0.05, 0.1) is 16.5 Å². The molecule has 1 aromatic heterocycles. The second kappa shape index (κ2) is 7.43. The predicted molar refractivity (Wildman–Crippen MR) is 108 cm³/mol. The summed E-state index contributed by atoms with van der Waals surface area (Å²) < 4.78 is 6.20. The van der Waals surface area contributed by atoms with Gasteiger partial charge in [-0.3, -0.25) is 19.5 Å². The lowest BCUT2D eigenvalue weighted by Crippen LogP contribution is -2.25. The number of nitro groups is 1. The molecule has 1 N–H and O–H groups in total. The van der Waals surface area contributed by atoms with Crippen molar-refractivity contribution in [3.8, 4) is 11.1 Å². The number of benzene rings is 3. The summed E-state index contributed by atoms with van der Waals surface area (Å²) in [6, 6.07) is 20.8. The van der Waals surface area contributed by atoms with E-state index in [0.717, 1.165) is 21.8 Å². The fourth-order valence-corrected chi connectivity index (χ4v) is 3.11. The number of non-ortho nitro benzene ring substituents is 1. The maximum absolute atomic E-state index is 12.6. The van der Waals surface area contributed by atoms with E-state index in [-0.39, 0.29) is 17.8 Å². The molecule has 1 heterocycles. The van der Waals surface area contributed by atoms with Crippen LogP contribution in [0.1, 0.15) is 0 Å². The Balaban J connectivity index is 1.61. The quantitative estimate of drug-likeness (QED) is 0.412. The third kappa shape index (κ3) is 3.63. The van der Waals surface area contributed by atoms with Crippen LogP contribution in [0, 0.1) is 10.1 Å². The highest BCUT2D eigenvalue weighted by atomic mass is 16.6. The van der Waals surface area contributed by atoms with Gasteiger partial charge in [0.25, 0.3) is 5.69 Å². The Morgan fingerprint density at radius 2 is 1.76 bits per heavy atom. The Bertz CT molecular complexity index is 1270. The van der Waals surface area contributed by atoms with Gasteiger partial charge >= 0.3 is 5.76 Å². The van der Waals surface area contributed by atoms with Crippen molar-refractivity contribution in [2.24, 2.45) is 0 Å². The number of rotatable bonds is 5. The summed E-state index contributed by atoms with van der Waals surface area (Å²) in [5.41, 5.74) is 2.58. The topological polar surface area (TPSA) is 107 Å². The van der Waals surface area contributed by atoms with Crippen molar-refractivity contribution in [2.75, 3.05) is 5.32 Å².